The van der Waals surface area contributed by atoms with E-state index in [0.29, 0.717) is 0 Å². The fraction of sp³-hybridized carbons (Fsp3) is 0.250. The van der Waals surface area contributed by atoms with E-state index >= 15 is 0 Å². The molecule has 0 aliphatic carbocycles. The summed E-state index contributed by atoms with van der Waals surface area (Å²) in [6, 6.07) is 17.9. The van der Waals surface area contributed by atoms with E-state index in [2.05, 4.69) is 22.3 Å². The highest BCUT2D eigenvalue weighted by atomic mass is 35.5. The number of rotatable bonds is 4. The van der Waals surface area contributed by atoms with Crippen LogP contribution in [0.15, 0.2) is 60.7 Å². The van der Waals surface area contributed by atoms with Crippen LogP contribution in [0.5, 0.6) is 0 Å². The molecule has 0 atom stereocenters. The van der Waals surface area contributed by atoms with Gasteiger partial charge >= 0.3 is 0 Å². The van der Waals surface area contributed by atoms with Crippen molar-refractivity contribution in [2.75, 3.05) is 23.3 Å². The van der Waals surface area contributed by atoms with Crippen molar-refractivity contribution in [3.63, 3.8) is 0 Å². The number of hydrogen-bond donors (Lipinski definition) is 1. The van der Waals surface area contributed by atoms with Gasteiger partial charge in [-0.15, -0.1) is 0 Å². The molecule has 0 spiro atoms. The SMILES string of the molecule is O=C(/C=C/c1ccccc1)Nc1ccc(N2CCCCC2)cc1.[Cl-]. The van der Waals surface area contributed by atoms with E-state index in [1.54, 1.807) is 6.08 Å². The molecule has 0 saturated carbocycles. The third-order valence-corrected chi connectivity index (χ3v) is 4.08. The second kappa shape index (κ2) is 9.14. The van der Waals surface area contributed by atoms with Gasteiger partial charge in [-0.05, 0) is 55.2 Å². The van der Waals surface area contributed by atoms with E-state index in [4.69, 9.17) is 0 Å². The predicted molar refractivity (Wildman–Crippen MR) is 96.6 cm³/mol. The molecule has 1 fully saturated rings. The van der Waals surface area contributed by atoms with Crippen molar-refractivity contribution >= 4 is 23.4 Å². The van der Waals surface area contributed by atoms with E-state index in [9.17, 15) is 4.79 Å². The quantitative estimate of drug-likeness (QED) is 0.851. The summed E-state index contributed by atoms with van der Waals surface area (Å²) in [6.45, 7) is 2.26. The summed E-state index contributed by atoms with van der Waals surface area (Å²) in [5.74, 6) is -0.112. The van der Waals surface area contributed by atoms with Crippen molar-refractivity contribution in [3.8, 4) is 0 Å². The molecule has 3 nitrogen and oxygen atoms in total. The topological polar surface area (TPSA) is 32.3 Å². The van der Waals surface area contributed by atoms with Crippen LogP contribution in [0.25, 0.3) is 6.08 Å². The summed E-state index contributed by atoms with van der Waals surface area (Å²) in [5.41, 5.74) is 3.08. The van der Waals surface area contributed by atoms with Crippen molar-refractivity contribution in [1.29, 1.82) is 0 Å². The van der Waals surface area contributed by atoms with Gasteiger partial charge in [0.05, 0.1) is 0 Å². The van der Waals surface area contributed by atoms with E-state index in [-0.39, 0.29) is 18.3 Å². The first-order valence-corrected chi connectivity index (χ1v) is 8.20. The van der Waals surface area contributed by atoms with Gasteiger partial charge in [0.1, 0.15) is 0 Å². The molecular weight excluding hydrogens is 320 g/mol. The number of piperidine rings is 1. The number of hydrogen-bond acceptors (Lipinski definition) is 2. The molecule has 3 rings (SSSR count). The fourth-order valence-electron chi connectivity index (χ4n) is 2.83. The van der Waals surface area contributed by atoms with Crippen LogP contribution in [0.2, 0.25) is 0 Å². The minimum Gasteiger partial charge on any atom is -1.00 e. The number of benzene rings is 2. The molecule has 24 heavy (non-hydrogen) atoms. The maximum atomic E-state index is 12.0. The molecular formula is C20H22ClN2O-. The van der Waals surface area contributed by atoms with Gasteiger partial charge in [-0.2, -0.15) is 0 Å². The molecule has 126 valence electrons. The third kappa shape index (κ3) is 5.14. The summed E-state index contributed by atoms with van der Waals surface area (Å²) in [4.78, 5) is 14.4. The Balaban J connectivity index is 0.00000208. The Labute approximate surface area is 149 Å². The molecule has 2 aromatic rings. The summed E-state index contributed by atoms with van der Waals surface area (Å²) in [6.07, 6.45) is 7.25. The van der Waals surface area contributed by atoms with Gasteiger partial charge in [0.2, 0.25) is 5.91 Å². The summed E-state index contributed by atoms with van der Waals surface area (Å²) in [5, 5.41) is 2.90. The van der Waals surface area contributed by atoms with Crippen LogP contribution in [0.3, 0.4) is 0 Å². The second-order valence-corrected chi connectivity index (χ2v) is 5.83. The van der Waals surface area contributed by atoms with Gasteiger partial charge in [-0.1, -0.05) is 30.3 Å². The van der Waals surface area contributed by atoms with Crippen LogP contribution >= 0.6 is 0 Å². The van der Waals surface area contributed by atoms with E-state index < -0.39 is 0 Å². The molecule has 1 heterocycles. The Hall–Kier alpha value is -2.26. The lowest BCUT2D eigenvalue weighted by Crippen LogP contribution is -3.00. The van der Waals surface area contributed by atoms with E-state index in [1.807, 2.05) is 48.5 Å². The summed E-state index contributed by atoms with van der Waals surface area (Å²) >= 11 is 0. The maximum absolute atomic E-state index is 12.0. The molecule has 1 N–H and O–H groups in total. The third-order valence-electron chi connectivity index (χ3n) is 4.08. The van der Waals surface area contributed by atoms with Crippen molar-refractivity contribution in [1.82, 2.24) is 0 Å². The van der Waals surface area contributed by atoms with Gasteiger partial charge < -0.3 is 22.6 Å². The monoisotopic (exact) mass is 341 g/mol. The van der Waals surface area contributed by atoms with E-state index in [1.165, 1.54) is 24.9 Å². The number of anilines is 2. The van der Waals surface area contributed by atoms with E-state index in [0.717, 1.165) is 24.3 Å². The van der Waals surface area contributed by atoms with Crippen molar-refractivity contribution in [2.24, 2.45) is 0 Å². The first-order chi connectivity index (χ1) is 11.3. The van der Waals surface area contributed by atoms with Gasteiger partial charge in [0.15, 0.2) is 0 Å². The number of amides is 1. The number of carbonyl (C=O) groups excluding carboxylic acids is 1. The highest BCUT2D eigenvalue weighted by Gasteiger charge is 2.10. The maximum Gasteiger partial charge on any atom is 0.248 e. The molecule has 0 unspecified atom stereocenters. The van der Waals surface area contributed by atoms with Gasteiger partial charge in [-0.25, -0.2) is 0 Å². The Bertz CT molecular complexity index is 662. The predicted octanol–water partition coefficient (Wildman–Crippen LogP) is 1.33. The summed E-state index contributed by atoms with van der Waals surface area (Å²) < 4.78 is 0. The zero-order chi connectivity index (χ0) is 15.9. The zero-order valence-electron chi connectivity index (χ0n) is 13.6. The number of nitrogens with zero attached hydrogens (tertiary/aromatic N) is 1. The van der Waals surface area contributed by atoms with Crippen LogP contribution in [-0.4, -0.2) is 19.0 Å². The molecule has 1 saturated heterocycles. The Morgan fingerprint density at radius 3 is 2.25 bits per heavy atom. The lowest BCUT2D eigenvalue weighted by atomic mass is 10.1. The fourth-order valence-corrected chi connectivity index (χ4v) is 2.83. The molecule has 0 radical (unpaired) electrons. The van der Waals surface area contributed by atoms with Crippen molar-refractivity contribution in [2.45, 2.75) is 19.3 Å². The Morgan fingerprint density at radius 2 is 1.58 bits per heavy atom. The second-order valence-electron chi connectivity index (χ2n) is 5.83. The number of halogens is 1. The molecule has 1 aliphatic heterocycles. The molecule has 4 heteroatoms. The smallest absolute Gasteiger partial charge is 0.248 e. The van der Waals surface area contributed by atoms with Crippen LogP contribution in [0.4, 0.5) is 11.4 Å². The summed E-state index contributed by atoms with van der Waals surface area (Å²) in [7, 11) is 0. The van der Waals surface area contributed by atoms with Crippen LogP contribution in [0, 0.1) is 0 Å². The average Bonchev–Trinajstić information content (AvgIpc) is 2.62. The van der Waals surface area contributed by atoms with Crippen molar-refractivity contribution < 1.29 is 17.2 Å². The lowest BCUT2D eigenvalue weighted by molar-refractivity contribution is -0.111. The highest BCUT2D eigenvalue weighted by molar-refractivity contribution is 6.02. The molecule has 0 bridgehead atoms. The highest BCUT2D eigenvalue weighted by Crippen LogP contribution is 2.21. The first kappa shape index (κ1) is 18.1. The van der Waals surface area contributed by atoms with Gasteiger partial charge in [0.25, 0.3) is 0 Å². The molecule has 2 aromatic carbocycles. The number of nitrogens with one attached hydrogen (secondary N) is 1. The first-order valence-electron chi connectivity index (χ1n) is 8.20. The lowest BCUT2D eigenvalue weighted by Gasteiger charge is -2.28. The van der Waals surface area contributed by atoms with Crippen LogP contribution in [-0.2, 0) is 4.79 Å². The van der Waals surface area contributed by atoms with Crippen molar-refractivity contribution in [3.05, 3.63) is 66.2 Å². The molecule has 1 amide bonds. The number of carbonyl (C=O) groups is 1. The molecule has 1 aliphatic rings. The minimum absolute atomic E-state index is 0. The van der Waals surface area contributed by atoms with Gasteiger partial charge in [0, 0.05) is 30.5 Å². The molecule has 0 aromatic heterocycles. The normalized spacial score (nSPS) is 14.2. The van der Waals surface area contributed by atoms with Crippen LogP contribution in [0.1, 0.15) is 24.8 Å². The largest absolute Gasteiger partial charge is 1.00 e. The Morgan fingerprint density at radius 1 is 0.917 bits per heavy atom. The minimum atomic E-state index is -0.112. The Kier molecular flexibility index (Phi) is 6.89. The standard InChI is InChI=1S/C20H22N2O.ClH/c23-20(14-9-17-7-3-1-4-8-17)21-18-10-12-19(13-11-18)22-15-5-2-6-16-22;/h1,3-4,7-14H,2,5-6,15-16H2,(H,21,23);1H/p-1/b14-9+;. The van der Waals surface area contributed by atoms with Gasteiger partial charge in [-0.3, -0.25) is 4.79 Å². The zero-order valence-corrected chi connectivity index (χ0v) is 14.4. The average molecular weight is 342 g/mol. The van der Waals surface area contributed by atoms with Crippen LogP contribution < -0.4 is 22.6 Å².